The van der Waals surface area contributed by atoms with Crippen LogP contribution < -0.4 is 5.32 Å². The lowest BCUT2D eigenvalue weighted by atomic mass is 9.86. The van der Waals surface area contributed by atoms with Crippen LogP contribution in [0.5, 0.6) is 0 Å². The van der Waals surface area contributed by atoms with Gasteiger partial charge >= 0.3 is 0 Å². The van der Waals surface area contributed by atoms with Crippen LogP contribution in [0.2, 0.25) is 0 Å². The minimum atomic E-state index is -0.151. The third-order valence-electron chi connectivity index (χ3n) is 6.66. The highest BCUT2D eigenvalue weighted by Crippen LogP contribution is 2.54. The number of hydrogen-bond acceptors (Lipinski definition) is 3. The van der Waals surface area contributed by atoms with Crippen molar-refractivity contribution in [2.45, 2.75) is 64.8 Å². The Morgan fingerprint density at radius 1 is 1.07 bits per heavy atom. The molecule has 0 aromatic carbocycles. The van der Waals surface area contributed by atoms with Gasteiger partial charge < -0.3 is 5.32 Å². The highest BCUT2D eigenvalue weighted by atomic mass is 16.2. The molecular weight excluding hydrogens is 334 g/mol. The summed E-state index contributed by atoms with van der Waals surface area (Å²) >= 11 is 0. The maximum absolute atomic E-state index is 12.6. The number of aromatic nitrogens is 2. The van der Waals surface area contributed by atoms with Gasteiger partial charge in [-0.3, -0.25) is 4.79 Å². The summed E-state index contributed by atoms with van der Waals surface area (Å²) in [5.74, 6) is 2.97. The van der Waals surface area contributed by atoms with E-state index in [0.29, 0.717) is 11.8 Å². The molecule has 2 saturated carbocycles. The molecule has 4 heteroatoms. The lowest BCUT2D eigenvalue weighted by Gasteiger charge is -2.26. The summed E-state index contributed by atoms with van der Waals surface area (Å²) < 4.78 is 0. The maximum atomic E-state index is 12.6. The fourth-order valence-electron chi connectivity index (χ4n) is 5.38. The summed E-state index contributed by atoms with van der Waals surface area (Å²) in [4.78, 5) is 21.4. The average molecular weight is 366 g/mol. The second-order valence-electron chi connectivity index (χ2n) is 9.72. The number of pyridine rings is 2. The van der Waals surface area contributed by atoms with E-state index >= 15 is 0 Å². The van der Waals surface area contributed by atoms with Gasteiger partial charge in [-0.25, -0.2) is 9.97 Å². The van der Waals surface area contributed by atoms with Gasteiger partial charge in [0.1, 0.15) is 0 Å². The number of fused-ring (bicyclic) bond motifs is 2. The Morgan fingerprint density at radius 3 is 2.41 bits per heavy atom. The van der Waals surface area contributed by atoms with E-state index < -0.39 is 0 Å². The molecule has 1 amide bonds. The molecular formula is C23H31N3O. The van der Waals surface area contributed by atoms with Crippen molar-refractivity contribution < 1.29 is 4.79 Å². The fourth-order valence-corrected chi connectivity index (χ4v) is 5.38. The minimum absolute atomic E-state index is 0.110. The first kappa shape index (κ1) is 18.4. The standard InChI is InChI=1S/C23H31N3O/c1-14(22(27)26-23(2,3)4)15-10-16-12-18(13-17(16)11-15)19-7-9-25-21-20(19)6-5-8-24-21/h5-9,14-18H,10-13H2,1-4H3,(H,26,27)/t14?,15?,16-,17+,18?. The van der Waals surface area contributed by atoms with Gasteiger partial charge in [-0.1, -0.05) is 6.92 Å². The first-order valence-electron chi connectivity index (χ1n) is 10.3. The summed E-state index contributed by atoms with van der Waals surface area (Å²) in [6.45, 7) is 8.28. The van der Waals surface area contributed by atoms with Crippen LogP contribution in [-0.4, -0.2) is 21.4 Å². The molecule has 0 aliphatic heterocycles. The van der Waals surface area contributed by atoms with Crippen LogP contribution in [-0.2, 0) is 4.79 Å². The summed E-state index contributed by atoms with van der Waals surface area (Å²) in [6.07, 6.45) is 8.59. The van der Waals surface area contributed by atoms with Crippen molar-refractivity contribution in [3.05, 3.63) is 36.2 Å². The third-order valence-corrected chi connectivity index (χ3v) is 6.66. The van der Waals surface area contributed by atoms with Crippen molar-refractivity contribution >= 4 is 16.9 Å². The molecule has 2 aliphatic rings. The van der Waals surface area contributed by atoms with Gasteiger partial charge in [0.2, 0.25) is 5.91 Å². The number of hydrogen-bond donors (Lipinski definition) is 1. The normalized spacial score (nSPS) is 28.9. The zero-order valence-corrected chi connectivity index (χ0v) is 16.9. The molecule has 144 valence electrons. The van der Waals surface area contributed by atoms with Crippen molar-refractivity contribution in [3.8, 4) is 0 Å². The number of carbonyl (C=O) groups is 1. The van der Waals surface area contributed by atoms with E-state index in [9.17, 15) is 4.79 Å². The molecule has 2 heterocycles. The second-order valence-corrected chi connectivity index (χ2v) is 9.72. The van der Waals surface area contributed by atoms with E-state index in [-0.39, 0.29) is 17.4 Å². The first-order valence-corrected chi connectivity index (χ1v) is 10.3. The van der Waals surface area contributed by atoms with Crippen LogP contribution >= 0.6 is 0 Å². The molecule has 2 aromatic rings. The third kappa shape index (κ3) is 3.71. The van der Waals surface area contributed by atoms with Gasteiger partial charge in [-0.15, -0.1) is 0 Å². The highest BCUT2D eigenvalue weighted by Gasteiger charge is 2.45. The Labute approximate surface area is 162 Å². The quantitative estimate of drug-likeness (QED) is 0.858. The van der Waals surface area contributed by atoms with Crippen LogP contribution in [0.25, 0.3) is 11.0 Å². The Kier molecular flexibility index (Phi) is 4.69. The zero-order chi connectivity index (χ0) is 19.2. The summed E-state index contributed by atoms with van der Waals surface area (Å²) in [5.41, 5.74) is 2.12. The van der Waals surface area contributed by atoms with E-state index in [1.54, 1.807) is 0 Å². The Balaban J connectivity index is 1.43. The van der Waals surface area contributed by atoms with Crippen molar-refractivity contribution in [2.24, 2.45) is 23.7 Å². The molecule has 2 aliphatic carbocycles. The van der Waals surface area contributed by atoms with Crippen LogP contribution in [0.4, 0.5) is 0 Å². The van der Waals surface area contributed by atoms with Crippen LogP contribution in [0, 0.1) is 23.7 Å². The average Bonchev–Trinajstić information content (AvgIpc) is 3.18. The fraction of sp³-hybridized carbons (Fsp3) is 0.609. The largest absolute Gasteiger partial charge is 0.351 e. The molecule has 5 atom stereocenters. The number of carbonyl (C=O) groups excluding carboxylic acids is 1. The lowest BCUT2D eigenvalue weighted by Crippen LogP contribution is -2.44. The molecule has 4 rings (SSSR count). The van der Waals surface area contributed by atoms with Gasteiger partial charge in [-0.05, 0) is 93.9 Å². The van der Waals surface area contributed by atoms with Gasteiger partial charge in [0, 0.05) is 29.2 Å². The number of nitrogens with zero attached hydrogens (tertiary/aromatic N) is 2. The Hall–Kier alpha value is -1.97. The zero-order valence-electron chi connectivity index (χ0n) is 16.9. The Morgan fingerprint density at radius 2 is 1.74 bits per heavy atom. The molecule has 27 heavy (non-hydrogen) atoms. The SMILES string of the molecule is CC(C(=O)NC(C)(C)C)C1C[C@H]2CC(c3ccnc4ncccc34)C[C@H]2C1. The van der Waals surface area contributed by atoms with Crippen LogP contribution in [0.1, 0.15) is 64.9 Å². The molecule has 0 spiro atoms. The maximum Gasteiger partial charge on any atom is 0.223 e. The second kappa shape index (κ2) is 6.88. The minimum Gasteiger partial charge on any atom is -0.351 e. The van der Waals surface area contributed by atoms with Crippen molar-refractivity contribution in [3.63, 3.8) is 0 Å². The molecule has 2 aromatic heterocycles. The molecule has 2 fully saturated rings. The molecule has 4 nitrogen and oxygen atoms in total. The topological polar surface area (TPSA) is 54.9 Å². The molecule has 0 bridgehead atoms. The predicted octanol–water partition coefficient (Wildman–Crippen LogP) is 4.70. The van der Waals surface area contributed by atoms with Crippen molar-refractivity contribution in [2.75, 3.05) is 0 Å². The summed E-state index contributed by atoms with van der Waals surface area (Å²) in [5, 5.41) is 4.37. The molecule has 0 radical (unpaired) electrons. The molecule has 0 saturated heterocycles. The van der Waals surface area contributed by atoms with E-state index in [1.807, 2.05) is 18.5 Å². The summed E-state index contributed by atoms with van der Waals surface area (Å²) in [6, 6.07) is 6.35. The number of rotatable bonds is 3. The monoisotopic (exact) mass is 365 g/mol. The van der Waals surface area contributed by atoms with Crippen LogP contribution in [0.3, 0.4) is 0 Å². The van der Waals surface area contributed by atoms with E-state index in [0.717, 1.165) is 17.5 Å². The van der Waals surface area contributed by atoms with Gasteiger partial charge in [-0.2, -0.15) is 0 Å². The van der Waals surface area contributed by atoms with Crippen molar-refractivity contribution in [1.82, 2.24) is 15.3 Å². The predicted molar refractivity (Wildman–Crippen MR) is 108 cm³/mol. The highest BCUT2D eigenvalue weighted by molar-refractivity contribution is 5.79. The lowest BCUT2D eigenvalue weighted by molar-refractivity contribution is -0.127. The number of nitrogens with one attached hydrogen (secondary N) is 1. The van der Waals surface area contributed by atoms with E-state index in [2.05, 4.69) is 55.1 Å². The summed E-state index contributed by atoms with van der Waals surface area (Å²) in [7, 11) is 0. The smallest absolute Gasteiger partial charge is 0.223 e. The number of amides is 1. The van der Waals surface area contributed by atoms with Gasteiger partial charge in [0.25, 0.3) is 0 Å². The Bertz CT molecular complexity index is 822. The van der Waals surface area contributed by atoms with Crippen molar-refractivity contribution in [1.29, 1.82) is 0 Å². The van der Waals surface area contributed by atoms with E-state index in [4.69, 9.17) is 0 Å². The van der Waals surface area contributed by atoms with E-state index in [1.165, 1.54) is 36.6 Å². The van der Waals surface area contributed by atoms with Gasteiger partial charge in [0.15, 0.2) is 5.65 Å². The molecule has 1 N–H and O–H groups in total. The van der Waals surface area contributed by atoms with Crippen LogP contribution in [0.15, 0.2) is 30.6 Å². The first-order chi connectivity index (χ1) is 12.8. The van der Waals surface area contributed by atoms with Gasteiger partial charge in [0.05, 0.1) is 0 Å². The molecule has 3 unspecified atom stereocenters.